The number of hydrogen-bond donors (Lipinski definition) is 0. The van der Waals surface area contributed by atoms with E-state index in [0.717, 1.165) is 0 Å². The first-order valence-corrected chi connectivity index (χ1v) is 24.6. The van der Waals surface area contributed by atoms with E-state index in [1.165, 1.54) is 128 Å². The highest BCUT2D eigenvalue weighted by Gasteiger charge is 2.46. The average Bonchev–Trinajstić information content (AvgIpc) is 3.83. The van der Waals surface area contributed by atoms with Crippen molar-refractivity contribution in [2.75, 3.05) is 4.90 Å². The van der Waals surface area contributed by atoms with Crippen LogP contribution in [0.3, 0.4) is 0 Å². The summed E-state index contributed by atoms with van der Waals surface area (Å²) in [4.78, 5) is 2.59. The minimum Gasteiger partial charge on any atom is -0.375 e. The van der Waals surface area contributed by atoms with E-state index in [-0.39, 0.29) is 23.1 Å². The van der Waals surface area contributed by atoms with Gasteiger partial charge < -0.3 is 13.9 Å². The molecule has 4 heterocycles. The van der Waals surface area contributed by atoms with E-state index in [0.29, 0.717) is 0 Å². The molecule has 2 aliphatic heterocycles. The molecule has 0 bridgehead atoms. The Morgan fingerprint density at radius 2 is 1.06 bits per heavy atom. The monoisotopic (exact) mass is 881 g/mol. The summed E-state index contributed by atoms with van der Waals surface area (Å²) in [6.07, 6.45) is 0. The van der Waals surface area contributed by atoms with E-state index < -0.39 is 0 Å². The van der Waals surface area contributed by atoms with Gasteiger partial charge in [-0.25, -0.2) is 0 Å². The molecule has 0 amide bonds. The predicted molar refractivity (Wildman–Crippen MR) is 293 cm³/mol. The van der Waals surface area contributed by atoms with E-state index in [2.05, 4.69) is 254 Å². The number of para-hydroxylation sites is 2. The van der Waals surface area contributed by atoms with Gasteiger partial charge in [0.25, 0.3) is 0 Å². The fourth-order valence-electron chi connectivity index (χ4n) is 11.7. The molecule has 0 spiro atoms. The van der Waals surface area contributed by atoms with Gasteiger partial charge >= 0.3 is 6.85 Å². The Kier molecular flexibility index (Phi) is 9.17. The fraction of sp³-hybridized carbons (Fsp3) is 0.219. The van der Waals surface area contributed by atoms with Gasteiger partial charge in [-0.05, 0) is 122 Å². The molecule has 68 heavy (non-hydrogen) atoms. The van der Waals surface area contributed by atoms with Gasteiger partial charge in [0.1, 0.15) is 0 Å². The van der Waals surface area contributed by atoms with Crippen LogP contribution in [0.4, 0.5) is 17.1 Å². The van der Waals surface area contributed by atoms with Crippen LogP contribution in [-0.4, -0.2) is 15.9 Å². The normalized spacial score (nSPS) is 13.5. The first-order valence-electron chi connectivity index (χ1n) is 24.6. The lowest BCUT2D eigenvalue weighted by Crippen LogP contribution is -2.57. The summed E-state index contributed by atoms with van der Waals surface area (Å²) in [5.41, 5.74) is 25.3. The number of hydrogen-bond acceptors (Lipinski definition) is 1. The van der Waals surface area contributed by atoms with Gasteiger partial charge in [0.15, 0.2) is 0 Å². The van der Waals surface area contributed by atoms with Crippen LogP contribution in [0.15, 0.2) is 164 Å². The number of nitrogens with zero attached hydrogens (tertiary/aromatic N) is 3. The fourth-order valence-corrected chi connectivity index (χ4v) is 11.7. The first kappa shape index (κ1) is 42.3. The molecule has 4 heteroatoms. The molecule has 334 valence electrons. The molecular weight excluding hydrogens is 822 g/mol. The quantitative estimate of drug-likeness (QED) is 0.161. The number of aryl methyl sites for hydroxylation is 2. The summed E-state index contributed by atoms with van der Waals surface area (Å²) >= 11 is 0. The van der Waals surface area contributed by atoms with E-state index in [1.807, 2.05) is 0 Å². The molecule has 10 aromatic rings. The Morgan fingerprint density at radius 3 is 1.71 bits per heavy atom. The molecule has 2 aliphatic rings. The maximum Gasteiger partial charge on any atom is 0.333 e. The van der Waals surface area contributed by atoms with Crippen molar-refractivity contribution in [3.8, 4) is 39.2 Å². The maximum atomic E-state index is 2.79. The molecule has 3 nitrogen and oxygen atoms in total. The summed E-state index contributed by atoms with van der Waals surface area (Å²) in [6.45, 7) is 25.5. The van der Waals surface area contributed by atoms with Crippen molar-refractivity contribution >= 4 is 67.5 Å². The van der Waals surface area contributed by atoms with Gasteiger partial charge in [0.05, 0.1) is 16.7 Å². The van der Waals surface area contributed by atoms with E-state index in [9.17, 15) is 0 Å². The molecule has 0 N–H and O–H groups in total. The number of rotatable bonds is 4. The number of anilines is 3. The molecule has 12 rings (SSSR count). The van der Waals surface area contributed by atoms with Crippen LogP contribution in [-0.2, 0) is 16.2 Å². The molecule has 0 saturated heterocycles. The van der Waals surface area contributed by atoms with Gasteiger partial charge in [-0.15, -0.1) is 0 Å². The summed E-state index contributed by atoms with van der Waals surface area (Å²) < 4.78 is 5.41. The van der Waals surface area contributed by atoms with Crippen LogP contribution in [0, 0.1) is 13.8 Å². The highest BCUT2D eigenvalue weighted by atomic mass is 15.2. The van der Waals surface area contributed by atoms with Crippen molar-refractivity contribution in [3.63, 3.8) is 0 Å². The Labute approximate surface area is 402 Å². The standard InChI is InChI=1S/C64H60BN3/c1-39-21-20-22-40(2)58(39)67-52-28-19-18-27-47(52)49-38-50-48-35-45(64(9,10)11)37-54-57(48)65(51-36-44(63(6,7)8)31-34-53(51)66(54)46-32-29-43(30-33-46)62(3,4)5)68-59(42-25-16-13-17-26-42)55(41-23-14-12-15-24-41)56(60(49)67)61(50)68/h12-38H,1-11H3. The van der Waals surface area contributed by atoms with Crippen molar-refractivity contribution in [1.29, 1.82) is 0 Å². The third kappa shape index (κ3) is 6.19. The molecule has 0 saturated carbocycles. The lowest BCUT2D eigenvalue weighted by atomic mass is 9.44. The predicted octanol–water partition coefficient (Wildman–Crippen LogP) is 16.0. The SMILES string of the molecule is Cc1cccc(C)c1-n1c2ccccc2c2cc3c4c(c(-c5ccccc5)c(-c5ccccc5)n4B4c5cc(C(C)(C)C)ccc5N(c5ccc(C(C)(C)C)cc5)c5cc(C(C)(C)C)cc-3c54)c21. The molecule has 8 aromatic carbocycles. The second-order valence-electron chi connectivity index (χ2n) is 22.7. The molecular formula is C64H60BN3. The molecule has 0 fully saturated rings. The highest BCUT2D eigenvalue weighted by Crippen LogP contribution is 2.54. The maximum absolute atomic E-state index is 2.79. The van der Waals surface area contributed by atoms with Crippen LogP contribution in [0.25, 0.3) is 71.9 Å². The second kappa shape index (κ2) is 14.7. The highest BCUT2D eigenvalue weighted by molar-refractivity contribution is 6.90. The van der Waals surface area contributed by atoms with Crippen molar-refractivity contribution in [2.24, 2.45) is 0 Å². The van der Waals surface area contributed by atoms with E-state index in [1.54, 1.807) is 0 Å². The Hall–Kier alpha value is -7.04. The van der Waals surface area contributed by atoms with E-state index in [4.69, 9.17) is 0 Å². The number of benzene rings is 8. The van der Waals surface area contributed by atoms with Gasteiger partial charge in [-0.1, -0.05) is 190 Å². The smallest absolute Gasteiger partial charge is 0.333 e. The third-order valence-corrected chi connectivity index (χ3v) is 15.2. The Morgan fingerprint density at radius 1 is 0.456 bits per heavy atom. The van der Waals surface area contributed by atoms with Crippen LogP contribution >= 0.6 is 0 Å². The summed E-state index contributed by atoms with van der Waals surface area (Å²) in [5, 5.41) is 3.83. The first-order chi connectivity index (χ1) is 32.5. The minimum absolute atomic E-state index is 0.0382. The second-order valence-corrected chi connectivity index (χ2v) is 22.7. The van der Waals surface area contributed by atoms with Gasteiger partial charge in [-0.2, -0.15) is 0 Å². The lowest BCUT2D eigenvalue weighted by Gasteiger charge is -2.42. The Balaban J connectivity index is 1.35. The van der Waals surface area contributed by atoms with E-state index >= 15 is 0 Å². The van der Waals surface area contributed by atoms with Crippen LogP contribution in [0.2, 0.25) is 0 Å². The van der Waals surface area contributed by atoms with Crippen LogP contribution < -0.4 is 15.8 Å². The van der Waals surface area contributed by atoms with Gasteiger partial charge in [-0.3, -0.25) is 0 Å². The zero-order chi connectivity index (χ0) is 47.2. The lowest BCUT2D eigenvalue weighted by molar-refractivity contribution is 0.590. The van der Waals surface area contributed by atoms with Crippen molar-refractivity contribution in [2.45, 2.75) is 92.4 Å². The summed E-state index contributed by atoms with van der Waals surface area (Å²) in [6, 6.07) is 62.8. The molecule has 0 radical (unpaired) electrons. The van der Waals surface area contributed by atoms with Crippen molar-refractivity contribution in [1.82, 2.24) is 9.05 Å². The third-order valence-electron chi connectivity index (χ3n) is 15.2. The average molecular weight is 882 g/mol. The van der Waals surface area contributed by atoms with Crippen molar-refractivity contribution in [3.05, 3.63) is 192 Å². The minimum atomic E-state index is -0.130. The van der Waals surface area contributed by atoms with Gasteiger partial charge in [0.2, 0.25) is 0 Å². The molecule has 0 atom stereocenters. The summed E-state index contributed by atoms with van der Waals surface area (Å²) in [7, 11) is 0. The molecule has 0 aliphatic carbocycles. The number of aromatic nitrogens is 2. The molecule has 2 aromatic heterocycles. The van der Waals surface area contributed by atoms with Crippen LogP contribution in [0.1, 0.15) is 90.1 Å². The van der Waals surface area contributed by atoms with Gasteiger partial charge in [0, 0.05) is 55.6 Å². The Bertz CT molecular complexity index is 3660. The zero-order valence-corrected chi connectivity index (χ0v) is 41.5. The number of fused-ring (bicyclic) bond motifs is 8. The molecule has 0 unspecified atom stereocenters. The van der Waals surface area contributed by atoms with Crippen molar-refractivity contribution < 1.29 is 0 Å². The largest absolute Gasteiger partial charge is 0.375 e. The van der Waals surface area contributed by atoms with Crippen LogP contribution in [0.5, 0.6) is 0 Å². The summed E-state index contributed by atoms with van der Waals surface area (Å²) in [5.74, 6) is 0. The zero-order valence-electron chi connectivity index (χ0n) is 41.5. The topological polar surface area (TPSA) is 13.1 Å².